The standard InChI is InChI=1S/C8H21O2Si2/c1-7-8(2)9-11(3)10-12(4,5)6/h8H,7H2,1-6H3. The zero-order chi connectivity index (χ0) is 9.78. The molecule has 2 nitrogen and oxygen atoms in total. The Kier molecular flexibility index (Phi) is 5.32. The highest BCUT2D eigenvalue weighted by molar-refractivity contribution is 6.75. The Bertz CT molecular complexity index is 123. The van der Waals surface area contributed by atoms with Gasteiger partial charge in [0.05, 0.1) is 0 Å². The van der Waals surface area contributed by atoms with Crippen LogP contribution in [0, 0.1) is 0 Å². The van der Waals surface area contributed by atoms with E-state index in [0.717, 1.165) is 6.42 Å². The van der Waals surface area contributed by atoms with Crippen molar-refractivity contribution in [2.24, 2.45) is 0 Å². The minimum absolute atomic E-state index is 0.347. The Morgan fingerprint density at radius 3 is 2.17 bits per heavy atom. The van der Waals surface area contributed by atoms with Gasteiger partial charge in [-0.15, -0.1) is 0 Å². The second-order valence-corrected chi connectivity index (χ2v) is 10.3. The van der Waals surface area contributed by atoms with E-state index in [9.17, 15) is 0 Å². The van der Waals surface area contributed by atoms with Crippen molar-refractivity contribution in [3.8, 4) is 0 Å². The van der Waals surface area contributed by atoms with Crippen LogP contribution in [0.3, 0.4) is 0 Å². The molecule has 12 heavy (non-hydrogen) atoms. The summed E-state index contributed by atoms with van der Waals surface area (Å²) in [6, 6.07) is 0. The van der Waals surface area contributed by atoms with Crippen molar-refractivity contribution in [1.82, 2.24) is 0 Å². The molecule has 4 heteroatoms. The van der Waals surface area contributed by atoms with Crippen LogP contribution >= 0.6 is 0 Å². The Balaban J connectivity index is 3.66. The largest absolute Gasteiger partial charge is 0.435 e. The first-order valence-corrected chi connectivity index (χ1v) is 9.77. The normalized spacial score (nSPS) is 15.2. The van der Waals surface area contributed by atoms with Gasteiger partial charge in [0.2, 0.25) is 0 Å². The van der Waals surface area contributed by atoms with Gasteiger partial charge in [-0.25, -0.2) is 0 Å². The highest BCUT2D eigenvalue weighted by Crippen LogP contribution is 2.08. The van der Waals surface area contributed by atoms with Gasteiger partial charge in [0.1, 0.15) is 0 Å². The molecule has 1 radical (unpaired) electrons. The Labute approximate surface area is 79.2 Å². The Morgan fingerprint density at radius 2 is 1.83 bits per heavy atom. The van der Waals surface area contributed by atoms with Crippen molar-refractivity contribution >= 4 is 17.6 Å². The first-order valence-electron chi connectivity index (χ1n) is 4.54. The maximum absolute atomic E-state index is 5.83. The van der Waals surface area contributed by atoms with Crippen LogP contribution in [0.1, 0.15) is 20.3 Å². The molecule has 0 N–H and O–H groups in total. The predicted octanol–water partition coefficient (Wildman–Crippen LogP) is 2.77. The lowest BCUT2D eigenvalue weighted by atomic mass is 10.3. The Hall–Kier alpha value is 0.354. The average molecular weight is 205 g/mol. The van der Waals surface area contributed by atoms with E-state index in [1.807, 2.05) is 0 Å². The fourth-order valence-electron chi connectivity index (χ4n) is 0.822. The van der Waals surface area contributed by atoms with Crippen LogP contribution in [-0.4, -0.2) is 23.7 Å². The molecule has 0 amide bonds. The van der Waals surface area contributed by atoms with Gasteiger partial charge in [0.25, 0.3) is 0 Å². The number of hydrogen-bond donors (Lipinski definition) is 0. The maximum atomic E-state index is 5.83. The van der Waals surface area contributed by atoms with Crippen LogP contribution in [0.2, 0.25) is 26.2 Å². The van der Waals surface area contributed by atoms with E-state index in [-0.39, 0.29) is 0 Å². The van der Waals surface area contributed by atoms with Crippen LogP contribution in [0.4, 0.5) is 0 Å². The monoisotopic (exact) mass is 205 g/mol. The summed E-state index contributed by atoms with van der Waals surface area (Å²) in [6.45, 7) is 12.9. The van der Waals surface area contributed by atoms with Gasteiger partial charge in [0, 0.05) is 6.10 Å². The summed E-state index contributed by atoms with van der Waals surface area (Å²) in [5, 5.41) is 0. The minimum atomic E-state index is -1.38. The van der Waals surface area contributed by atoms with Crippen molar-refractivity contribution in [1.29, 1.82) is 0 Å². The molecule has 0 saturated carbocycles. The molecule has 0 aliphatic heterocycles. The minimum Gasteiger partial charge on any atom is -0.435 e. The molecule has 0 heterocycles. The van der Waals surface area contributed by atoms with Crippen LogP contribution in [0.5, 0.6) is 0 Å². The number of rotatable bonds is 5. The van der Waals surface area contributed by atoms with Gasteiger partial charge in [0.15, 0.2) is 8.32 Å². The van der Waals surface area contributed by atoms with E-state index in [0.29, 0.717) is 6.10 Å². The molecular formula is C8H21O2Si2. The molecular weight excluding hydrogens is 184 g/mol. The topological polar surface area (TPSA) is 18.5 Å². The smallest absolute Gasteiger partial charge is 0.370 e. The summed E-state index contributed by atoms with van der Waals surface area (Å²) < 4.78 is 11.5. The van der Waals surface area contributed by atoms with E-state index in [1.54, 1.807) is 0 Å². The van der Waals surface area contributed by atoms with Crippen molar-refractivity contribution in [2.75, 3.05) is 0 Å². The highest BCUT2D eigenvalue weighted by Gasteiger charge is 2.21. The summed E-state index contributed by atoms with van der Waals surface area (Å²) in [5.74, 6) is 0. The summed E-state index contributed by atoms with van der Waals surface area (Å²) in [7, 11) is -2.38. The van der Waals surface area contributed by atoms with Crippen LogP contribution < -0.4 is 0 Å². The molecule has 0 aromatic heterocycles. The molecule has 0 aromatic carbocycles. The van der Waals surface area contributed by atoms with Crippen molar-refractivity contribution in [3.63, 3.8) is 0 Å². The zero-order valence-corrected chi connectivity index (χ0v) is 11.1. The molecule has 0 bridgehead atoms. The average Bonchev–Trinajstić information content (AvgIpc) is 1.82. The molecule has 0 aromatic rings. The molecule has 0 rings (SSSR count). The predicted molar refractivity (Wildman–Crippen MR) is 56.9 cm³/mol. The second kappa shape index (κ2) is 5.16. The van der Waals surface area contributed by atoms with E-state index in [4.69, 9.17) is 8.54 Å². The first-order chi connectivity index (χ1) is 5.35. The van der Waals surface area contributed by atoms with Crippen LogP contribution in [0.25, 0.3) is 0 Å². The van der Waals surface area contributed by atoms with Crippen molar-refractivity contribution < 1.29 is 8.54 Å². The number of hydrogen-bond acceptors (Lipinski definition) is 2. The van der Waals surface area contributed by atoms with Crippen LogP contribution in [0.15, 0.2) is 0 Å². The van der Waals surface area contributed by atoms with E-state index < -0.39 is 17.6 Å². The van der Waals surface area contributed by atoms with E-state index >= 15 is 0 Å². The van der Waals surface area contributed by atoms with Gasteiger partial charge < -0.3 is 8.54 Å². The van der Waals surface area contributed by atoms with Gasteiger partial charge in [-0.2, -0.15) is 0 Å². The molecule has 73 valence electrons. The third kappa shape index (κ3) is 7.03. The zero-order valence-electron chi connectivity index (χ0n) is 9.10. The quantitative estimate of drug-likeness (QED) is 0.643. The summed E-state index contributed by atoms with van der Waals surface area (Å²) in [4.78, 5) is 0. The maximum Gasteiger partial charge on any atom is 0.370 e. The van der Waals surface area contributed by atoms with Gasteiger partial charge in [-0.05, 0) is 39.5 Å². The van der Waals surface area contributed by atoms with Crippen LogP contribution in [-0.2, 0) is 8.54 Å². The lowest BCUT2D eigenvalue weighted by Gasteiger charge is -2.23. The highest BCUT2D eigenvalue weighted by atomic mass is 28.4. The van der Waals surface area contributed by atoms with Gasteiger partial charge in [-0.3, -0.25) is 0 Å². The molecule has 0 saturated heterocycles. The van der Waals surface area contributed by atoms with Gasteiger partial charge >= 0.3 is 9.28 Å². The van der Waals surface area contributed by atoms with Crippen molar-refractivity contribution in [2.45, 2.75) is 52.6 Å². The third-order valence-electron chi connectivity index (χ3n) is 1.39. The fourth-order valence-corrected chi connectivity index (χ4v) is 5.20. The summed E-state index contributed by atoms with van der Waals surface area (Å²) >= 11 is 0. The summed E-state index contributed by atoms with van der Waals surface area (Å²) in [5.41, 5.74) is 0. The Morgan fingerprint density at radius 1 is 1.33 bits per heavy atom. The van der Waals surface area contributed by atoms with Gasteiger partial charge in [-0.1, -0.05) is 6.92 Å². The van der Waals surface area contributed by atoms with E-state index in [2.05, 4.69) is 40.0 Å². The third-order valence-corrected chi connectivity index (χ3v) is 5.73. The fraction of sp³-hybridized carbons (Fsp3) is 1.00. The molecule has 1 atom stereocenters. The molecule has 1 unspecified atom stereocenters. The van der Waals surface area contributed by atoms with E-state index in [1.165, 1.54) is 0 Å². The molecule has 0 fully saturated rings. The molecule has 0 aliphatic rings. The summed E-state index contributed by atoms with van der Waals surface area (Å²) in [6.07, 6.45) is 1.41. The SMILES string of the molecule is CCC(C)O[Si](C)O[Si](C)(C)C. The second-order valence-electron chi connectivity index (χ2n) is 4.04. The first kappa shape index (κ1) is 12.4. The lowest BCUT2D eigenvalue weighted by Crippen LogP contribution is -2.36. The van der Waals surface area contributed by atoms with Crippen molar-refractivity contribution in [3.05, 3.63) is 0 Å². The molecule has 0 aliphatic carbocycles. The molecule has 0 spiro atoms. The lowest BCUT2D eigenvalue weighted by molar-refractivity contribution is 0.185.